The van der Waals surface area contributed by atoms with Gasteiger partial charge in [0, 0.05) is 36.0 Å². The maximum atomic E-state index is 8.18. The van der Waals surface area contributed by atoms with Gasteiger partial charge in [0.05, 0.1) is 0 Å². The molecule has 0 radical (unpaired) electrons. The minimum atomic E-state index is -3.13. The molecule has 0 bridgehead atoms. The van der Waals surface area contributed by atoms with Crippen LogP contribution >= 0.6 is 0 Å². The van der Waals surface area contributed by atoms with Crippen molar-refractivity contribution in [3.05, 3.63) is 36.0 Å². The van der Waals surface area contributed by atoms with Crippen molar-refractivity contribution in [2.24, 2.45) is 0 Å². The van der Waals surface area contributed by atoms with Gasteiger partial charge < -0.3 is 9.88 Å². The normalized spacial score (nSPS) is 25.9. The minimum Gasteiger partial charge on any atom is -0.361 e. The van der Waals surface area contributed by atoms with Gasteiger partial charge in [0.2, 0.25) is 0 Å². The van der Waals surface area contributed by atoms with Gasteiger partial charge in [-0.2, -0.15) is 0 Å². The fraction of sp³-hybridized carbons (Fsp3) is 0.333. The number of aryl methyl sites for hydroxylation is 1. The van der Waals surface area contributed by atoms with E-state index in [1.54, 1.807) is 24.3 Å². The number of hydrogen-bond donors (Lipinski definition) is 1. The standard InChI is InChI=1S/C12H16N2/c1-14(2)8-7-10-9-13-12-6-4-3-5-11(10)12/h3-6,9,13H,7-8H2,1-2H3/i1D3,2D3,7D2,8D. The lowest BCUT2D eigenvalue weighted by Crippen LogP contribution is -2.14. The molecule has 1 N–H and O–H groups in total. The van der Waals surface area contributed by atoms with Gasteiger partial charge in [-0.25, -0.2) is 0 Å². The number of para-hydroxylation sites is 1. The SMILES string of the molecule is [2H]C(N(C([2H])([2H])[2H])C([2H])([2H])[2H])C([2H])([2H])c1c[nH]c2ccccc12. The predicted octanol–water partition coefficient (Wildman–Crippen LogP) is 2.27. The number of fused-ring (bicyclic) bond motifs is 1. The Kier molecular flexibility index (Phi) is 0.929. The van der Waals surface area contributed by atoms with Crippen LogP contribution in [0.5, 0.6) is 0 Å². The second-order valence-electron chi connectivity index (χ2n) is 2.89. The van der Waals surface area contributed by atoms with Crippen LogP contribution in [0.4, 0.5) is 0 Å². The minimum absolute atomic E-state index is 0.0478. The Morgan fingerprint density at radius 1 is 1.43 bits per heavy atom. The van der Waals surface area contributed by atoms with Crippen molar-refractivity contribution in [1.29, 1.82) is 0 Å². The predicted molar refractivity (Wildman–Crippen MR) is 60.6 cm³/mol. The Morgan fingerprint density at radius 2 is 2.29 bits per heavy atom. The van der Waals surface area contributed by atoms with Gasteiger partial charge >= 0.3 is 0 Å². The van der Waals surface area contributed by atoms with Crippen molar-refractivity contribution in [1.82, 2.24) is 9.88 Å². The number of hydrogen-bond acceptors (Lipinski definition) is 1. The highest BCUT2D eigenvalue weighted by molar-refractivity contribution is 5.83. The highest BCUT2D eigenvalue weighted by Crippen LogP contribution is 2.17. The molecule has 0 aliphatic rings. The molecular weight excluding hydrogens is 172 g/mol. The summed E-state index contributed by atoms with van der Waals surface area (Å²) in [4.78, 5) is 2.79. The molecule has 1 unspecified atom stereocenters. The van der Waals surface area contributed by atoms with Crippen LogP contribution in [0.25, 0.3) is 10.9 Å². The molecule has 74 valence electrons. The van der Waals surface area contributed by atoms with E-state index in [4.69, 9.17) is 12.3 Å². The third-order valence-corrected chi connectivity index (χ3v) is 1.94. The van der Waals surface area contributed by atoms with Gasteiger partial charge in [0.1, 0.15) is 0 Å². The van der Waals surface area contributed by atoms with Gasteiger partial charge in [-0.1, -0.05) is 18.2 Å². The Labute approximate surface area is 97.2 Å². The maximum absolute atomic E-state index is 8.18. The number of likely N-dealkylation sites (N-methyl/N-ethyl adjacent to an activating group) is 1. The van der Waals surface area contributed by atoms with E-state index < -0.39 is 26.8 Å². The van der Waals surface area contributed by atoms with Gasteiger partial charge in [0.25, 0.3) is 0 Å². The molecule has 0 saturated heterocycles. The van der Waals surface area contributed by atoms with Gasteiger partial charge in [-0.05, 0) is 32.0 Å². The molecule has 1 aromatic carbocycles. The molecule has 0 spiro atoms. The first-order valence-electron chi connectivity index (χ1n) is 8.73. The second kappa shape index (κ2) is 3.84. The topological polar surface area (TPSA) is 19.0 Å². The van der Waals surface area contributed by atoms with Crippen LogP contribution in [0.2, 0.25) is 0 Å². The van der Waals surface area contributed by atoms with Crippen molar-refractivity contribution >= 4 is 10.9 Å². The molecule has 0 aliphatic carbocycles. The molecule has 0 fully saturated rings. The van der Waals surface area contributed by atoms with E-state index in [1.807, 2.05) is 0 Å². The lowest BCUT2D eigenvalue weighted by molar-refractivity contribution is 0.414. The van der Waals surface area contributed by atoms with Crippen LogP contribution in [0, 0.1) is 0 Å². The fourth-order valence-electron chi connectivity index (χ4n) is 1.33. The highest BCUT2D eigenvalue weighted by atomic mass is 15.0. The summed E-state index contributed by atoms with van der Waals surface area (Å²) < 4.78 is 68.5. The van der Waals surface area contributed by atoms with E-state index in [-0.39, 0.29) is 10.5 Å². The number of aromatic nitrogens is 1. The van der Waals surface area contributed by atoms with Gasteiger partial charge in [-0.3, -0.25) is 0 Å². The zero-order chi connectivity index (χ0) is 17.6. The maximum Gasteiger partial charge on any atom is 0.0456 e. The number of H-pyrrole nitrogens is 1. The lowest BCUT2D eigenvalue weighted by atomic mass is 10.1. The molecule has 2 aromatic rings. The van der Waals surface area contributed by atoms with E-state index in [1.165, 1.54) is 6.20 Å². The largest absolute Gasteiger partial charge is 0.361 e. The average molecular weight is 197 g/mol. The Balaban J connectivity index is 2.53. The van der Waals surface area contributed by atoms with Crippen LogP contribution in [-0.4, -0.2) is 30.4 Å². The van der Waals surface area contributed by atoms with Crippen LogP contribution in [0.15, 0.2) is 30.5 Å². The first-order valence-corrected chi connectivity index (χ1v) is 4.15. The summed E-state index contributed by atoms with van der Waals surface area (Å²) in [6.07, 6.45) is -1.17. The summed E-state index contributed by atoms with van der Waals surface area (Å²) >= 11 is 0. The summed E-state index contributed by atoms with van der Waals surface area (Å²) in [5, 5.41) is 0.478. The number of aromatic amines is 1. The zero-order valence-corrected chi connectivity index (χ0v) is 7.41. The molecule has 14 heavy (non-hydrogen) atoms. The molecule has 1 aromatic heterocycles. The molecule has 0 saturated carbocycles. The third-order valence-electron chi connectivity index (χ3n) is 1.94. The monoisotopic (exact) mass is 197 g/mol. The number of nitrogens with zero attached hydrogens (tertiary/aromatic N) is 1. The fourth-order valence-corrected chi connectivity index (χ4v) is 1.33. The lowest BCUT2D eigenvalue weighted by Gasteiger charge is -2.07. The van der Waals surface area contributed by atoms with Crippen LogP contribution < -0.4 is 0 Å². The highest BCUT2D eigenvalue weighted by Gasteiger charge is 2.02. The molecule has 2 heteroatoms. The molecule has 2 rings (SSSR count). The summed E-state index contributed by atoms with van der Waals surface area (Å²) in [6.45, 7) is -8.39. The van der Waals surface area contributed by atoms with Crippen LogP contribution in [0.1, 0.15) is 17.9 Å². The summed E-state index contributed by atoms with van der Waals surface area (Å²) in [6, 6.07) is 6.76. The van der Waals surface area contributed by atoms with Crippen LogP contribution in [-0.2, 0) is 6.37 Å². The second-order valence-corrected chi connectivity index (χ2v) is 2.89. The summed E-state index contributed by atoms with van der Waals surface area (Å²) in [7, 11) is 0. The molecular formula is C12H16N2. The number of benzene rings is 1. The van der Waals surface area contributed by atoms with Crippen molar-refractivity contribution < 1.29 is 12.3 Å². The van der Waals surface area contributed by atoms with E-state index in [2.05, 4.69) is 4.98 Å². The number of nitrogens with one attached hydrogen (secondary N) is 1. The Hall–Kier alpha value is -1.28. The Morgan fingerprint density at radius 3 is 3.14 bits per heavy atom. The van der Waals surface area contributed by atoms with Crippen LogP contribution in [0.3, 0.4) is 0 Å². The van der Waals surface area contributed by atoms with E-state index >= 15 is 0 Å². The van der Waals surface area contributed by atoms with Crippen molar-refractivity contribution in [3.8, 4) is 0 Å². The number of rotatable bonds is 3. The van der Waals surface area contributed by atoms with E-state index in [0.717, 1.165) is 0 Å². The average Bonchev–Trinajstić information content (AvgIpc) is 2.79. The molecule has 1 atom stereocenters. The quantitative estimate of drug-likeness (QED) is 0.799. The first kappa shape index (κ1) is 3.38. The van der Waals surface area contributed by atoms with Crippen molar-refractivity contribution in [2.75, 3.05) is 20.5 Å². The summed E-state index contributed by atoms with van der Waals surface area (Å²) in [5.41, 5.74) is 0.666. The molecule has 0 amide bonds. The van der Waals surface area contributed by atoms with Crippen molar-refractivity contribution in [2.45, 2.75) is 6.37 Å². The zero-order valence-electron chi connectivity index (χ0n) is 16.4. The van der Waals surface area contributed by atoms with Crippen molar-refractivity contribution in [3.63, 3.8) is 0 Å². The molecule has 0 aliphatic heterocycles. The molecule has 2 nitrogen and oxygen atoms in total. The smallest absolute Gasteiger partial charge is 0.0456 e. The van der Waals surface area contributed by atoms with Gasteiger partial charge in [-0.15, -0.1) is 0 Å². The Bertz CT molecular complexity index is 672. The first-order chi connectivity index (χ1) is 10.4. The van der Waals surface area contributed by atoms with E-state index in [9.17, 15) is 0 Å². The summed E-state index contributed by atoms with van der Waals surface area (Å²) in [5.74, 6) is 0. The third kappa shape index (κ3) is 1.80. The van der Waals surface area contributed by atoms with E-state index in [0.29, 0.717) is 10.9 Å². The van der Waals surface area contributed by atoms with Gasteiger partial charge in [0.15, 0.2) is 0 Å². The molecule has 1 heterocycles.